The van der Waals surface area contributed by atoms with Crippen LogP contribution in [0, 0.1) is 32.1 Å². The third-order valence-corrected chi connectivity index (χ3v) is 7.95. The van der Waals surface area contributed by atoms with E-state index in [1.807, 2.05) is 18.2 Å². The van der Waals surface area contributed by atoms with Crippen molar-refractivity contribution in [2.45, 2.75) is 18.0 Å². The van der Waals surface area contributed by atoms with E-state index in [9.17, 15) is 39.7 Å². The number of carboxylic acids is 1. The molecule has 42 heavy (non-hydrogen) atoms. The number of fused-ring (bicyclic) bond motifs is 1. The zero-order chi connectivity index (χ0) is 30.2. The first-order valence-electron chi connectivity index (χ1n) is 12.9. The number of anilines is 1. The van der Waals surface area contributed by atoms with E-state index in [2.05, 4.69) is 10.6 Å². The number of nitro groups is 2. The molecule has 2 aliphatic heterocycles. The number of carbonyl (C=O) groups excluding carboxylic acids is 2. The second-order valence-electron chi connectivity index (χ2n) is 10.1. The molecule has 5 rings (SSSR count). The van der Waals surface area contributed by atoms with Crippen molar-refractivity contribution in [2.24, 2.45) is 11.8 Å². The second-order valence-corrected chi connectivity index (χ2v) is 10.5. The van der Waals surface area contributed by atoms with Crippen LogP contribution in [-0.4, -0.2) is 56.3 Å². The van der Waals surface area contributed by atoms with Gasteiger partial charge in [-0.05, 0) is 29.8 Å². The summed E-state index contributed by atoms with van der Waals surface area (Å²) < 4.78 is 0. The number of para-hydroxylation sites is 1. The number of hydrogen-bond donors (Lipinski definition) is 3. The molecule has 3 aromatic carbocycles. The first-order chi connectivity index (χ1) is 20.0. The van der Waals surface area contributed by atoms with Crippen molar-refractivity contribution in [3.8, 4) is 0 Å². The predicted octanol–water partition coefficient (Wildman–Crippen LogP) is 3.58. The number of nitrogens with zero attached hydrogens (tertiary/aromatic N) is 3. The first kappa shape index (κ1) is 28.6. The molecule has 0 bridgehead atoms. The number of imide groups is 1. The molecule has 2 amide bonds. The number of hydrogen-bond acceptors (Lipinski definition) is 9. The van der Waals surface area contributed by atoms with Crippen LogP contribution in [0.3, 0.4) is 0 Å². The lowest BCUT2D eigenvalue weighted by atomic mass is 9.76. The van der Waals surface area contributed by atoms with Crippen LogP contribution in [0.4, 0.5) is 17.1 Å². The average molecular weight is 594 g/mol. The Kier molecular flexibility index (Phi) is 7.63. The maximum Gasteiger partial charge on any atom is 0.325 e. The fourth-order valence-electron chi connectivity index (χ4n) is 5.85. The van der Waals surface area contributed by atoms with Gasteiger partial charge >= 0.3 is 5.97 Å². The van der Waals surface area contributed by atoms with E-state index in [4.69, 9.17) is 11.6 Å². The summed E-state index contributed by atoms with van der Waals surface area (Å²) in [6, 6.07) is 16.7. The number of carbonyl (C=O) groups is 3. The predicted molar refractivity (Wildman–Crippen MR) is 150 cm³/mol. The summed E-state index contributed by atoms with van der Waals surface area (Å²) in [6.07, 6.45) is -0.332. The van der Waals surface area contributed by atoms with Crippen LogP contribution in [0.25, 0.3) is 0 Å². The van der Waals surface area contributed by atoms with E-state index in [-0.39, 0.29) is 35.8 Å². The summed E-state index contributed by atoms with van der Waals surface area (Å²) >= 11 is 6.17. The highest BCUT2D eigenvalue weighted by Gasteiger charge is 2.68. The molecular weight excluding hydrogens is 570 g/mol. The molecule has 13 nitrogen and oxygen atoms in total. The lowest BCUT2D eigenvalue weighted by Crippen LogP contribution is -2.57. The molecule has 14 heteroatoms. The number of aliphatic carboxylic acids is 1. The molecule has 0 aromatic heterocycles. The molecule has 3 aromatic rings. The molecule has 0 radical (unpaired) electrons. The third kappa shape index (κ3) is 5.03. The average Bonchev–Trinajstić information content (AvgIpc) is 3.43. The van der Waals surface area contributed by atoms with Crippen molar-refractivity contribution in [3.05, 3.63) is 109 Å². The monoisotopic (exact) mass is 593 g/mol. The van der Waals surface area contributed by atoms with Gasteiger partial charge < -0.3 is 10.4 Å². The Morgan fingerprint density at radius 3 is 2.31 bits per heavy atom. The minimum atomic E-state index is -2.07. The number of nitrogens with one attached hydrogen (secondary N) is 2. The van der Waals surface area contributed by atoms with Crippen LogP contribution < -0.4 is 10.6 Å². The summed E-state index contributed by atoms with van der Waals surface area (Å²) in [5.41, 5.74) is -1.60. The highest BCUT2D eigenvalue weighted by atomic mass is 35.5. The van der Waals surface area contributed by atoms with Gasteiger partial charge in [0.25, 0.3) is 11.4 Å². The zero-order valence-corrected chi connectivity index (χ0v) is 22.6. The standard InChI is InChI=1S/C28H24ClN5O8/c29-17-8-11-21(34(41)42)20(14-17)24-22-23(26(36)32(25(22)35)13-12-30-18-4-2-1-3-5-18)28(31-24,27(37)38)15-16-6-9-19(10-7-16)33(39)40/h1-11,14,22-24,30-31H,12-13,15H2,(H,37,38). The topological polar surface area (TPSA) is 185 Å². The van der Waals surface area contributed by atoms with Crippen molar-refractivity contribution in [1.82, 2.24) is 10.2 Å². The molecule has 0 spiro atoms. The molecule has 3 N–H and O–H groups in total. The van der Waals surface area contributed by atoms with E-state index in [1.165, 1.54) is 36.4 Å². The molecule has 0 saturated carbocycles. The van der Waals surface area contributed by atoms with Gasteiger partial charge in [0.2, 0.25) is 11.8 Å². The minimum absolute atomic E-state index is 0.0280. The number of benzene rings is 3. The Hall–Kier alpha value is -4.88. The molecule has 4 atom stereocenters. The smallest absolute Gasteiger partial charge is 0.325 e. The summed E-state index contributed by atoms with van der Waals surface area (Å²) in [7, 11) is 0. The van der Waals surface area contributed by atoms with Crippen LogP contribution in [0.15, 0.2) is 72.8 Å². The van der Waals surface area contributed by atoms with Crippen molar-refractivity contribution >= 4 is 46.4 Å². The van der Waals surface area contributed by atoms with Gasteiger partial charge in [0.15, 0.2) is 0 Å². The van der Waals surface area contributed by atoms with Crippen LogP contribution in [-0.2, 0) is 20.8 Å². The number of carboxylic acid groups (broad SMARTS) is 1. The van der Waals surface area contributed by atoms with E-state index in [1.54, 1.807) is 12.1 Å². The van der Waals surface area contributed by atoms with E-state index in [0.717, 1.165) is 16.7 Å². The van der Waals surface area contributed by atoms with Gasteiger partial charge in [-0.2, -0.15) is 0 Å². The number of amides is 2. The SMILES string of the molecule is O=C1C2C(c3cc(Cl)ccc3[N+](=O)[O-])NC(Cc3ccc([N+](=O)[O-])cc3)(C(=O)O)C2C(=O)N1CCNc1ccccc1. The van der Waals surface area contributed by atoms with Gasteiger partial charge in [-0.25, -0.2) is 0 Å². The van der Waals surface area contributed by atoms with Crippen LogP contribution >= 0.6 is 11.6 Å². The highest BCUT2D eigenvalue weighted by Crippen LogP contribution is 2.51. The fourth-order valence-corrected chi connectivity index (χ4v) is 6.03. The van der Waals surface area contributed by atoms with Crippen molar-refractivity contribution in [2.75, 3.05) is 18.4 Å². The quantitative estimate of drug-likeness (QED) is 0.178. The molecular formula is C28H24ClN5O8. The summed E-state index contributed by atoms with van der Waals surface area (Å²) in [6.45, 7) is 0.107. The highest BCUT2D eigenvalue weighted by molar-refractivity contribution is 6.30. The van der Waals surface area contributed by atoms with Gasteiger partial charge in [0.05, 0.1) is 27.7 Å². The van der Waals surface area contributed by atoms with Crippen LogP contribution in [0.2, 0.25) is 5.02 Å². The Bertz CT molecular complexity index is 1580. The van der Waals surface area contributed by atoms with Gasteiger partial charge in [-0.15, -0.1) is 0 Å². The lowest BCUT2D eigenvalue weighted by Gasteiger charge is -2.31. The Morgan fingerprint density at radius 2 is 1.69 bits per heavy atom. The Labute approximate surface area is 243 Å². The van der Waals surface area contributed by atoms with Crippen molar-refractivity contribution in [3.63, 3.8) is 0 Å². The maximum absolute atomic E-state index is 13.9. The lowest BCUT2D eigenvalue weighted by molar-refractivity contribution is -0.385. The summed E-state index contributed by atoms with van der Waals surface area (Å²) in [4.78, 5) is 63.5. The van der Waals surface area contributed by atoms with Gasteiger partial charge in [0.1, 0.15) is 5.54 Å². The molecule has 216 valence electrons. The zero-order valence-electron chi connectivity index (χ0n) is 21.8. The fraction of sp³-hybridized carbons (Fsp3) is 0.250. The number of nitro benzene ring substituents is 2. The minimum Gasteiger partial charge on any atom is -0.480 e. The summed E-state index contributed by atoms with van der Waals surface area (Å²) in [5, 5.41) is 39.8. The van der Waals surface area contributed by atoms with Crippen LogP contribution in [0.5, 0.6) is 0 Å². The van der Waals surface area contributed by atoms with E-state index < -0.39 is 56.7 Å². The first-order valence-corrected chi connectivity index (χ1v) is 13.2. The van der Waals surface area contributed by atoms with E-state index in [0.29, 0.717) is 5.56 Å². The maximum atomic E-state index is 13.9. The number of halogens is 1. The molecule has 2 fully saturated rings. The summed E-state index contributed by atoms with van der Waals surface area (Å²) in [5.74, 6) is -5.57. The second kappa shape index (κ2) is 11.2. The molecule has 0 aliphatic carbocycles. The van der Waals surface area contributed by atoms with Gasteiger partial charge in [-0.1, -0.05) is 41.9 Å². The van der Waals surface area contributed by atoms with Crippen molar-refractivity contribution in [1.29, 1.82) is 0 Å². The molecule has 2 heterocycles. The number of likely N-dealkylation sites (tertiary alicyclic amines) is 1. The van der Waals surface area contributed by atoms with E-state index >= 15 is 0 Å². The van der Waals surface area contributed by atoms with Crippen molar-refractivity contribution < 1.29 is 29.3 Å². The number of non-ortho nitro benzene ring substituents is 1. The largest absolute Gasteiger partial charge is 0.480 e. The Morgan fingerprint density at radius 1 is 1.00 bits per heavy atom. The third-order valence-electron chi connectivity index (χ3n) is 7.72. The van der Waals surface area contributed by atoms with Gasteiger partial charge in [0, 0.05) is 54.0 Å². The van der Waals surface area contributed by atoms with Gasteiger partial charge in [-0.3, -0.25) is 44.8 Å². The normalized spacial score (nSPS) is 23.1. The molecule has 2 saturated heterocycles. The molecule has 4 unspecified atom stereocenters. The van der Waals surface area contributed by atoms with Crippen LogP contribution in [0.1, 0.15) is 17.2 Å². The Balaban J connectivity index is 1.56. The number of rotatable bonds is 10. The molecule has 2 aliphatic rings.